The van der Waals surface area contributed by atoms with Gasteiger partial charge in [0, 0.05) is 18.5 Å². The van der Waals surface area contributed by atoms with E-state index in [-0.39, 0.29) is 35.3 Å². The molecule has 34 heavy (non-hydrogen) atoms. The SMILES string of the molecule is CC1(C)[C@H]2CC[C@]1([C@@H]1CN(c3nc(CO)co3)CCO1)c1nnc(-c3c(F)cccc3F)cc12. The Bertz CT molecular complexity index is 1240. The number of hydrogen-bond donors (Lipinski definition) is 1. The summed E-state index contributed by atoms with van der Waals surface area (Å²) in [6.07, 6.45) is 3.12. The van der Waals surface area contributed by atoms with Gasteiger partial charge < -0.3 is 19.2 Å². The Kier molecular flexibility index (Phi) is 4.80. The van der Waals surface area contributed by atoms with Crippen molar-refractivity contribution in [1.82, 2.24) is 15.2 Å². The maximum absolute atomic E-state index is 14.5. The summed E-state index contributed by atoms with van der Waals surface area (Å²) in [6, 6.07) is 6.11. The Hall–Kier alpha value is -2.91. The highest BCUT2D eigenvalue weighted by Crippen LogP contribution is 2.69. The lowest BCUT2D eigenvalue weighted by atomic mass is 9.64. The zero-order valence-corrected chi connectivity index (χ0v) is 19.1. The van der Waals surface area contributed by atoms with Crippen LogP contribution < -0.4 is 4.90 Å². The van der Waals surface area contributed by atoms with E-state index in [2.05, 4.69) is 29.0 Å². The minimum atomic E-state index is -0.647. The number of benzene rings is 1. The maximum atomic E-state index is 14.5. The molecule has 1 saturated heterocycles. The molecule has 3 aliphatic rings. The zero-order valence-electron chi connectivity index (χ0n) is 19.1. The standard InChI is InChI=1S/C25H26F2N4O3/c1-24(2)16-6-7-25(24,20-11-31(8-9-33-20)23-28-14(12-32)13-34-23)22-15(16)10-19(29-30-22)21-17(26)4-3-5-18(21)27/h3-5,10,13,16,20,32H,6-9,11-12H2,1-2H3/t16-,20-,25-/m0/s1. The number of ether oxygens (including phenoxy) is 1. The largest absolute Gasteiger partial charge is 0.432 e. The summed E-state index contributed by atoms with van der Waals surface area (Å²) in [4.78, 5) is 6.41. The number of hydrogen-bond acceptors (Lipinski definition) is 7. The number of anilines is 1. The van der Waals surface area contributed by atoms with Crippen LogP contribution in [0.3, 0.4) is 0 Å². The van der Waals surface area contributed by atoms with Crippen molar-refractivity contribution in [1.29, 1.82) is 0 Å². The summed E-state index contributed by atoms with van der Waals surface area (Å²) in [5.74, 6) is -1.11. The predicted octanol–water partition coefficient (Wildman–Crippen LogP) is 3.96. The quantitative estimate of drug-likeness (QED) is 0.620. The minimum absolute atomic E-state index is 0.142. The van der Waals surface area contributed by atoms with E-state index in [4.69, 9.17) is 9.15 Å². The molecule has 6 rings (SSSR count). The molecular formula is C25H26F2N4O3. The molecule has 1 N–H and O–H groups in total. The maximum Gasteiger partial charge on any atom is 0.297 e. The second kappa shape index (κ2) is 7.55. The highest BCUT2D eigenvalue weighted by molar-refractivity contribution is 5.63. The Labute approximate surface area is 195 Å². The van der Waals surface area contributed by atoms with Gasteiger partial charge in [-0.05, 0) is 47.9 Å². The van der Waals surface area contributed by atoms with Gasteiger partial charge in [-0.15, -0.1) is 0 Å². The number of aromatic nitrogens is 3. The molecule has 3 heterocycles. The first-order valence-electron chi connectivity index (χ1n) is 11.6. The van der Waals surface area contributed by atoms with Gasteiger partial charge in [0.2, 0.25) is 0 Å². The van der Waals surface area contributed by atoms with E-state index in [0.717, 1.165) is 24.1 Å². The number of morpholine rings is 1. The Morgan fingerprint density at radius 2 is 2.00 bits per heavy atom. The fourth-order valence-electron chi connectivity index (χ4n) is 6.58. The number of rotatable bonds is 4. The summed E-state index contributed by atoms with van der Waals surface area (Å²) in [5, 5.41) is 18.3. The molecule has 3 aromatic rings. The predicted molar refractivity (Wildman–Crippen MR) is 119 cm³/mol. The smallest absolute Gasteiger partial charge is 0.297 e. The van der Waals surface area contributed by atoms with Gasteiger partial charge in [0.15, 0.2) is 0 Å². The van der Waals surface area contributed by atoms with E-state index in [0.29, 0.717) is 31.4 Å². The van der Waals surface area contributed by atoms with Gasteiger partial charge in [-0.1, -0.05) is 19.9 Å². The van der Waals surface area contributed by atoms with Crippen molar-refractivity contribution in [3.8, 4) is 11.3 Å². The van der Waals surface area contributed by atoms with Crippen LogP contribution in [0.4, 0.5) is 14.8 Å². The van der Waals surface area contributed by atoms with Crippen LogP contribution in [-0.4, -0.2) is 46.1 Å². The number of nitrogens with zero attached hydrogens (tertiary/aromatic N) is 4. The van der Waals surface area contributed by atoms with E-state index < -0.39 is 17.0 Å². The van der Waals surface area contributed by atoms with Crippen molar-refractivity contribution in [2.24, 2.45) is 5.41 Å². The molecule has 1 aromatic carbocycles. The normalized spacial score (nSPS) is 27.3. The first-order chi connectivity index (χ1) is 16.4. The Morgan fingerprint density at radius 3 is 2.74 bits per heavy atom. The van der Waals surface area contributed by atoms with Crippen molar-refractivity contribution in [3.05, 3.63) is 59.1 Å². The van der Waals surface area contributed by atoms with Crippen LogP contribution in [0.5, 0.6) is 0 Å². The highest BCUT2D eigenvalue weighted by Gasteiger charge is 2.67. The van der Waals surface area contributed by atoms with Crippen LogP contribution in [0.25, 0.3) is 11.3 Å². The molecule has 2 bridgehead atoms. The van der Waals surface area contributed by atoms with Crippen molar-refractivity contribution in [2.75, 3.05) is 24.6 Å². The molecule has 2 aromatic heterocycles. The monoisotopic (exact) mass is 468 g/mol. The topological polar surface area (TPSA) is 84.5 Å². The summed E-state index contributed by atoms with van der Waals surface area (Å²) >= 11 is 0. The summed E-state index contributed by atoms with van der Waals surface area (Å²) in [5.41, 5.74) is 1.86. The molecule has 7 nitrogen and oxygen atoms in total. The summed E-state index contributed by atoms with van der Waals surface area (Å²) in [7, 11) is 0. The number of halogens is 2. The minimum Gasteiger partial charge on any atom is -0.432 e. The molecule has 1 saturated carbocycles. The number of fused-ring (bicyclic) bond motifs is 5. The fraction of sp³-hybridized carbons (Fsp3) is 0.480. The van der Waals surface area contributed by atoms with Crippen LogP contribution in [0.1, 0.15) is 49.6 Å². The number of oxazole rings is 1. The lowest BCUT2D eigenvalue weighted by Crippen LogP contribution is -2.56. The van der Waals surface area contributed by atoms with Crippen molar-refractivity contribution in [2.45, 2.75) is 50.7 Å². The molecule has 0 amide bonds. The molecule has 0 radical (unpaired) electrons. The summed E-state index contributed by atoms with van der Waals surface area (Å²) in [6.45, 7) is 5.98. The molecule has 2 fully saturated rings. The second-order valence-electron chi connectivity index (χ2n) is 10.00. The van der Waals surface area contributed by atoms with Crippen LogP contribution in [-0.2, 0) is 16.8 Å². The first-order valence-corrected chi connectivity index (χ1v) is 11.6. The molecule has 178 valence electrons. The molecule has 0 spiro atoms. The molecule has 9 heteroatoms. The third kappa shape index (κ3) is 2.83. The van der Waals surface area contributed by atoms with Gasteiger partial charge in [0.05, 0.1) is 36.3 Å². The zero-order chi connectivity index (χ0) is 23.7. The molecule has 3 atom stereocenters. The van der Waals surface area contributed by atoms with Gasteiger partial charge in [-0.2, -0.15) is 15.2 Å². The molecule has 1 aliphatic heterocycles. The van der Waals surface area contributed by atoms with E-state index >= 15 is 0 Å². The van der Waals surface area contributed by atoms with Crippen LogP contribution >= 0.6 is 0 Å². The Morgan fingerprint density at radius 1 is 1.21 bits per heavy atom. The first kappa shape index (κ1) is 21.6. The number of aliphatic hydroxyl groups excluding tert-OH is 1. The van der Waals surface area contributed by atoms with Gasteiger partial charge in [0.1, 0.15) is 23.6 Å². The average Bonchev–Trinajstić information content (AvgIpc) is 3.47. The van der Waals surface area contributed by atoms with Gasteiger partial charge in [0.25, 0.3) is 6.01 Å². The molecule has 2 aliphatic carbocycles. The van der Waals surface area contributed by atoms with E-state index in [1.54, 1.807) is 0 Å². The third-order valence-corrected chi connectivity index (χ3v) is 8.28. The van der Waals surface area contributed by atoms with Gasteiger partial charge in [-0.25, -0.2) is 8.78 Å². The lowest BCUT2D eigenvalue weighted by molar-refractivity contribution is -0.0475. The fourth-order valence-corrected chi connectivity index (χ4v) is 6.58. The van der Waals surface area contributed by atoms with Gasteiger partial charge in [-0.3, -0.25) is 0 Å². The summed E-state index contributed by atoms with van der Waals surface area (Å²) < 4.78 is 40.9. The van der Waals surface area contributed by atoms with Crippen molar-refractivity contribution >= 4 is 6.01 Å². The van der Waals surface area contributed by atoms with Crippen LogP contribution in [0.15, 0.2) is 34.9 Å². The highest BCUT2D eigenvalue weighted by atomic mass is 19.1. The average molecular weight is 469 g/mol. The van der Waals surface area contributed by atoms with Crippen molar-refractivity contribution in [3.63, 3.8) is 0 Å². The van der Waals surface area contributed by atoms with Crippen molar-refractivity contribution < 1.29 is 23.0 Å². The van der Waals surface area contributed by atoms with E-state index in [1.807, 2.05) is 11.0 Å². The third-order valence-electron chi connectivity index (χ3n) is 8.28. The molecular weight excluding hydrogens is 442 g/mol. The van der Waals surface area contributed by atoms with Crippen LogP contribution in [0.2, 0.25) is 0 Å². The van der Waals surface area contributed by atoms with E-state index in [9.17, 15) is 13.9 Å². The number of aliphatic hydroxyl groups is 1. The molecule has 0 unspecified atom stereocenters. The Balaban J connectivity index is 1.40. The second-order valence-corrected chi connectivity index (χ2v) is 10.00. The van der Waals surface area contributed by atoms with Gasteiger partial charge >= 0.3 is 0 Å². The lowest BCUT2D eigenvalue weighted by Gasteiger charge is -2.47. The van der Waals surface area contributed by atoms with E-state index in [1.165, 1.54) is 24.5 Å². The van der Waals surface area contributed by atoms with Crippen LogP contribution in [0, 0.1) is 17.0 Å².